The summed E-state index contributed by atoms with van der Waals surface area (Å²) in [6.07, 6.45) is 0. The van der Waals surface area contributed by atoms with Gasteiger partial charge in [-0.3, -0.25) is 0 Å². The lowest BCUT2D eigenvalue weighted by molar-refractivity contribution is 0.0694. The van der Waals surface area contributed by atoms with Gasteiger partial charge in [-0.05, 0) is 68.7 Å². The van der Waals surface area contributed by atoms with Gasteiger partial charge in [-0.15, -0.1) is 0 Å². The summed E-state index contributed by atoms with van der Waals surface area (Å²) < 4.78 is 11.8. The topological polar surface area (TPSA) is 52.6 Å². The summed E-state index contributed by atoms with van der Waals surface area (Å²) >= 11 is 0. The van der Waals surface area contributed by atoms with E-state index in [4.69, 9.17) is 9.47 Å². The first-order chi connectivity index (χ1) is 19.7. The van der Waals surface area contributed by atoms with Crippen LogP contribution in [-0.4, -0.2) is 11.9 Å². The second-order valence-electron chi connectivity index (χ2n) is 9.60. The van der Waals surface area contributed by atoms with Crippen molar-refractivity contribution < 1.29 is 19.1 Å². The number of esters is 2. The van der Waals surface area contributed by atoms with E-state index in [-0.39, 0.29) is 11.1 Å². The molecular formula is C36H22O4. The van der Waals surface area contributed by atoms with Crippen molar-refractivity contribution in [1.82, 2.24) is 0 Å². The number of ether oxygens (including phenoxy) is 2. The molecule has 0 saturated carbocycles. The minimum Gasteiger partial charge on any atom is -0.422 e. The molecule has 0 atom stereocenters. The van der Waals surface area contributed by atoms with Crippen molar-refractivity contribution in [1.29, 1.82) is 0 Å². The van der Waals surface area contributed by atoms with E-state index in [1.165, 1.54) is 0 Å². The van der Waals surface area contributed by atoms with Crippen molar-refractivity contribution >= 4 is 55.0 Å². The third-order valence-electron chi connectivity index (χ3n) is 7.27. The second-order valence-corrected chi connectivity index (χ2v) is 9.60. The number of fused-ring (bicyclic) bond motifs is 6. The molecule has 7 rings (SSSR count). The smallest absolute Gasteiger partial charge is 0.344 e. The Labute approximate surface area is 230 Å². The number of carbonyl (C=O) groups excluding carboxylic acids is 2. The number of rotatable bonds is 4. The summed E-state index contributed by atoms with van der Waals surface area (Å²) in [7, 11) is 0. The Kier molecular flexibility index (Phi) is 5.72. The van der Waals surface area contributed by atoms with Gasteiger partial charge in [0.1, 0.15) is 11.5 Å². The summed E-state index contributed by atoms with van der Waals surface area (Å²) in [5.74, 6) is -0.399. The fraction of sp³-hybridized carbons (Fsp3) is 0. The van der Waals surface area contributed by atoms with Gasteiger partial charge in [-0.2, -0.15) is 0 Å². The minimum atomic E-state index is -0.628. The van der Waals surface area contributed by atoms with Crippen molar-refractivity contribution in [3.63, 3.8) is 0 Å². The quantitative estimate of drug-likeness (QED) is 0.133. The molecule has 4 heteroatoms. The predicted molar refractivity (Wildman–Crippen MR) is 159 cm³/mol. The van der Waals surface area contributed by atoms with Crippen LogP contribution in [0.25, 0.3) is 43.1 Å². The van der Waals surface area contributed by atoms with E-state index in [2.05, 4.69) is 0 Å². The van der Waals surface area contributed by atoms with Crippen LogP contribution in [0.2, 0.25) is 0 Å². The summed E-state index contributed by atoms with van der Waals surface area (Å²) in [6.45, 7) is 0. The molecule has 0 bridgehead atoms. The van der Waals surface area contributed by atoms with E-state index < -0.39 is 11.9 Å². The molecule has 0 aliphatic heterocycles. The lowest BCUT2D eigenvalue weighted by Crippen LogP contribution is -2.17. The Bertz CT molecular complexity index is 1960. The zero-order valence-corrected chi connectivity index (χ0v) is 21.3. The molecule has 0 unspecified atom stereocenters. The highest BCUT2D eigenvalue weighted by atomic mass is 16.5. The molecule has 0 aliphatic rings. The zero-order chi connectivity index (χ0) is 27.1. The van der Waals surface area contributed by atoms with Gasteiger partial charge in [0.2, 0.25) is 0 Å². The second kappa shape index (κ2) is 9.68. The highest BCUT2D eigenvalue weighted by Gasteiger charge is 2.22. The van der Waals surface area contributed by atoms with Crippen molar-refractivity contribution in [3.05, 3.63) is 145 Å². The summed E-state index contributed by atoms with van der Waals surface area (Å²) in [5.41, 5.74) is 0.270. The maximum atomic E-state index is 13.4. The number of hydrogen-bond acceptors (Lipinski definition) is 4. The molecule has 0 aromatic heterocycles. The number of carbonyl (C=O) groups is 2. The average molecular weight is 519 g/mol. The van der Waals surface area contributed by atoms with Gasteiger partial charge in [0.05, 0.1) is 11.1 Å². The molecule has 0 radical (unpaired) electrons. The molecule has 0 N–H and O–H groups in total. The van der Waals surface area contributed by atoms with Gasteiger partial charge < -0.3 is 9.47 Å². The highest BCUT2D eigenvalue weighted by Crippen LogP contribution is 2.34. The first kappa shape index (κ1) is 23.6. The molecule has 0 spiro atoms. The molecule has 7 aromatic carbocycles. The summed E-state index contributed by atoms with van der Waals surface area (Å²) in [4.78, 5) is 26.9. The molecule has 4 nitrogen and oxygen atoms in total. The molecule has 0 aliphatic carbocycles. The zero-order valence-electron chi connectivity index (χ0n) is 21.3. The molecule has 0 fully saturated rings. The average Bonchev–Trinajstić information content (AvgIpc) is 3.01. The van der Waals surface area contributed by atoms with E-state index in [9.17, 15) is 9.59 Å². The molecule has 0 saturated heterocycles. The monoisotopic (exact) mass is 518 g/mol. The fourth-order valence-corrected chi connectivity index (χ4v) is 5.35. The van der Waals surface area contributed by atoms with Crippen molar-refractivity contribution in [2.45, 2.75) is 0 Å². The first-order valence-electron chi connectivity index (χ1n) is 13.0. The largest absolute Gasteiger partial charge is 0.422 e. The molecule has 40 heavy (non-hydrogen) atoms. The van der Waals surface area contributed by atoms with Crippen LogP contribution in [-0.2, 0) is 0 Å². The predicted octanol–water partition coefficient (Wildman–Crippen LogP) is 8.74. The molecular weight excluding hydrogens is 496 g/mol. The van der Waals surface area contributed by atoms with Crippen LogP contribution in [0.1, 0.15) is 20.7 Å². The van der Waals surface area contributed by atoms with E-state index in [0.717, 1.165) is 43.1 Å². The van der Waals surface area contributed by atoms with Crippen LogP contribution in [0.4, 0.5) is 0 Å². The molecule has 0 heterocycles. The van der Waals surface area contributed by atoms with Crippen LogP contribution >= 0.6 is 0 Å². The van der Waals surface area contributed by atoms with Gasteiger partial charge in [0, 0.05) is 10.8 Å². The Balaban J connectivity index is 1.22. The Morgan fingerprint density at radius 2 is 0.750 bits per heavy atom. The van der Waals surface area contributed by atoms with Crippen molar-refractivity contribution in [3.8, 4) is 11.5 Å². The summed E-state index contributed by atoms with van der Waals surface area (Å²) in [5, 5.41) is 7.96. The van der Waals surface area contributed by atoms with Gasteiger partial charge in [-0.1, -0.05) is 97.1 Å². The number of benzene rings is 7. The first-order valence-corrected chi connectivity index (χ1v) is 13.0. The lowest BCUT2D eigenvalue weighted by Gasteiger charge is -2.13. The van der Waals surface area contributed by atoms with E-state index in [1.54, 1.807) is 36.4 Å². The van der Waals surface area contributed by atoms with Crippen molar-refractivity contribution in [2.75, 3.05) is 0 Å². The van der Waals surface area contributed by atoms with Crippen LogP contribution in [0.15, 0.2) is 133 Å². The standard InChI is InChI=1S/C36H22O4/c37-35(39-33-17-7-15-27-25-11-3-1-9-23(25)19-21-29(27)33)31-13-5-6-14-32(31)36(38)40-34-18-8-16-28-26-12-4-2-10-24(26)20-22-30(28)34/h1-22H. The maximum Gasteiger partial charge on any atom is 0.344 e. The third-order valence-corrected chi connectivity index (χ3v) is 7.27. The van der Waals surface area contributed by atoms with Gasteiger partial charge >= 0.3 is 11.9 Å². The highest BCUT2D eigenvalue weighted by molar-refractivity contribution is 6.12. The normalized spacial score (nSPS) is 11.2. The van der Waals surface area contributed by atoms with Crippen LogP contribution in [0, 0.1) is 0 Å². The SMILES string of the molecule is O=C(Oc1cccc2c1ccc1ccccc12)c1ccccc1C(=O)Oc1cccc2c1ccc1ccccc12. The Morgan fingerprint density at radius 3 is 1.23 bits per heavy atom. The lowest BCUT2D eigenvalue weighted by atomic mass is 10.0. The van der Waals surface area contributed by atoms with Crippen LogP contribution < -0.4 is 9.47 Å². The van der Waals surface area contributed by atoms with E-state index >= 15 is 0 Å². The molecule has 7 aromatic rings. The van der Waals surface area contributed by atoms with Crippen LogP contribution in [0.5, 0.6) is 11.5 Å². The Morgan fingerprint density at radius 1 is 0.350 bits per heavy atom. The van der Waals surface area contributed by atoms with E-state index in [1.807, 2.05) is 97.1 Å². The fourth-order valence-electron chi connectivity index (χ4n) is 5.35. The molecule has 0 amide bonds. The third kappa shape index (κ3) is 4.03. The van der Waals surface area contributed by atoms with Gasteiger partial charge in [-0.25, -0.2) is 9.59 Å². The number of hydrogen-bond donors (Lipinski definition) is 0. The van der Waals surface area contributed by atoms with Crippen molar-refractivity contribution in [2.24, 2.45) is 0 Å². The Hall–Kier alpha value is -5.48. The summed E-state index contributed by atoms with van der Waals surface area (Å²) in [6, 6.07) is 41.9. The van der Waals surface area contributed by atoms with Gasteiger partial charge in [0.25, 0.3) is 0 Å². The maximum absolute atomic E-state index is 13.4. The van der Waals surface area contributed by atoms with Crippen LogP contribution in [0.3, 0.4) is 0 Å². The molecule has 190 valence electrons. The van der Waals surface area contributed by atoms with E-state index in [0.29, 0.717) is 11.5 Å². The minimum absolute atomic E-state index is 0.135. The van der Waals surface area contributed by atoms with Gasteiger partial charge in [0.15, 0.2) is 0 Å².